The maximum Gasteiger partial charge on any atom is 0.0287 e. The third kappa shape index (κ3) is 3.36. The Labute approximate surface area is 115 Å². The van der Waals surface area contributed by atoms with E-state index in [1.807, 2.05) is 36.4 Å². The zero-order valence-corrected chi connectivity index (χ0v) is 11.5. The summed E-state index contributed by atoms with van der Waals surface area (Å²) in [6.45, 7) is 8.08. The van der Waals surface area contributed by atoms with Crippen LogP contribution in [0, 0.1) is 25.7 Å². The Bertz CT molecular complexity index is 637. The molecule has 0 heteroatoms. The summed E-state index contributed by atoms with van der Waals surface area (Å²) >= 11 is 0. The lowest BCUT2D eigenvalue weighted by Gasteiger charge is -2.07. The van der Waals surface area contributed by atoms with Crippen molar-refractivity contribution in [3.05, 3.63) is 82.9 Å². The van der Waals surface area contributed by atoms with E-state index in [4.69, 9.17) is 0 Å². The summed E-state index contributed by atoms with van der Waals surface area (Å²) in [6, 6.07) is 14.5. The first-order chi connectivity index (χ1) is 9.20. The molecule has 0 aliphatic rings. The molecule has 0 atom stereocenters. The van der Waals surface area contributed by atoms with Crippen molar-refractivity contribution in [1.82, 2.24) is 0 Å². The lowest BCUT2D eigenvalue weighted by molar-refractivity contribution is 1.21. The van der Waals surface area contributed by atoms with Crippen molar-refractivity contribution < 1.29 is 0 Å². The Morgan fingerprint density at radius 1 is 1.00 bits per heavy atom. The molecule has 0 bridgehead atoms. The van der Waals surface area contributed by atoms with Gasteiger partial charge in [-0.05, 0) is 55.2 Å². The maximum absolute atomic E-state index is 3.82. The quantitative estimate of drug-likeness (QED) is 0.543. The molecule has 0 unspecified atom stereocenters. The monoisotopic (exact) mass is 246 g/mol. The molecule has 0 saturated heterocycles. The summed E-state index contributed by atoms with van der Waals surface area (Å²) in [5.41, 5.74) is 5.99. The molecule has 0 spiro atoms. The average molecular weight is 246 g/mol. The van der Waals surface area contributed by atoms with Gasteiger partial charge < -0.3 is 0 Å². The second-order valence-electron chi connectivity index (χ2n) is 4.70. The summed E-state index contributed by atoms with van der Waals surface area (Å²) in [5.74, 6) is 6.51. The van der Waals surface area contributed by atoms with Gasteiger partial charge in [-0.15, -0.1) is 6.58 Å². The van der Waals surface area contributed by atoms with E-state index in [-0.39, 0.29) is 0 Å². The largest absolute Gasteiger partial charge is 0.103 e. The zero-order valence-electron chi connectivity index (χ0n) is 11.5. The maximum atomic E-state index is 3.82. The predicted molar refractivity (Wildman–Crippen MR) is 82.2 cm³/mol. The molecule has 19 heavy (non-hydrogen) atoms. The molecule has 0 N–H and O–H groups in total. The van der Waals surface area contributed by atoms with Gasteiger partial charge in [0.1, 0.15) is 0 Å². The minimum atomic E-state index is 0.861. The van der Waals surface area contributed by atoms with Crippen LogP contribution in [0.3, 0.4) is 0 Å². The van der Waals surface area contributed by atoms with Crippen molar-refractivity contribution in [1.29, 1.82) is 0 Å². The first-order valence-electron chi connectivity index (χ1n) is 6.49. The van der Waals surface area contributed by atoms with E-state index in [1.54, 1.807) is 0 Å². The van der Waals surface area contributed by atoms with Gasteiger partial charge in [0.05, 0.1) is 0 Å². The number of hydrogen-bond acceptors (Lipinski definition) is 0. The van der Waals surface area contributed by atoms with Crippen LogP contribution in [0.4, 0.5) is 0 Å². The fraction of sp³-hybridized carbons (Fsp3) is 0.158. The van der Waals surface area contributed by atoms with Crippen LogP contribution in [-0.4, -0.2) is 0 Å². The van der Waals surface area contributed by atoms with Gasteiger partial charge in [-0.3, -0.25) is 0 Å². The lowest BCUT2D eigenvalue weighted by Crippen LogP contribution is -1.92. The molecule has 94 valence electrons. The van der Waals surface area contributed by atoms with Crippen molar-refractivity contribution in [3.63, 3.8) is 0 Å². The first-order valence-corrected chi connectivity index (χ1v) is 6.49. The minimum absolute atomic E-state index is 0.861. The molecule has 2 aromatic rings. The Balaban J connectivity index is 2.42. The van der Waals surface area contributed by atoms with E-state index in [9.17, 15) is 0 Å². The van der Waals surface area contributed by atoms with Gasteiger partial charge >= 0.3 is 0 Å². The molecule has 0 aromatic heterocycles. The Hall–Kier alpha value is -2.26. The molecular formula is C19H18. The highest BCUT2D eigenvalue weighted by atomic mass is 14.1. The lowest BCUT2D eigenvalue weighted by atomic mass is 9.98. The molecule has 0 nitrogen and oxygen atoms in total. The van der Waals surface area contributed by atoms with E-state index in [0.29, 0.717) is 0 Å². The smallest absolute Gasteiger partial charge is 0.0287 e. The summed E-state index contributed by atoms with van der Waals surface area (Å²) in [6.07, 6.45) is 2.79. The average Bonchev–Trinajstić information content (AvgIpc) is 2.42. The molecule has 0 aliphatic heterocycles. The van der Waals surface area contributed by atoms with Gasteiger partial charge in [-0.1, -0.05) is 42.2 Å². The second kappa shape index (κ2) is 6.07. The number of rotatable bonds is 2. The number of aryl methyl sites for hydroxylation is 2. The van der Waals surface area contributed by atoms with Gasteiger partial charge in [0.15, 0.2) is 0 Å². The fourth-order valence-electron chi connectivity index (χ4n) is 1.98. The van der Waals surface area contributed by atoms with E-state index in [2.05, 4.69) is 44.4 Å². The van der Waals surface area contributed by atoms with E-state index in [0.717, 1.165) is 17.5 Å². The second-order valence-corrected chi connectivity index (χ2v) is 4.70. The third-order valence-corrected chi connectivity index (χ3v) is 3.20. The van der Waals surface area contributed by atoms with Gasteiger partial charge in [0.25, 0.3) is 0 Å². The summed E-state index contributed by atoms with van der Waals surface area (Å²) in [4.78, 5) is 0. The van der Waals surface area contributed by atoms with Crippen LogP contribution in [-0.2, 0) is 6.42 Å². The zero-order chi connectivity index (χ0) is 13.7. The minimum Gasteiger partial charge on any atom is -0.103 e. The Morgan fingerprint density at radius 3 is 2.37 bits per heavy atom. The number of benzene rings is 2. The summed E-state index contributed by atoms with van der Waals surface area (Å²) < 4.78 is 0. The predicted octanol–water partition coefficient (Wildman–Crippen LogP) is 4.43. The highest BCUT2D eigenvalue weighted by Gasteiger charge is 2.02. The highest BCUT2D eigenvalue weighted by Crippen LogP contribution is 2.16. The van der Waals surface area contributed by atoms with Gasteiger partial charge in [0, 0.05) is 11.1 Å². The number of allylic oxidation sites excluding steroid dienone is 1. The normalized spacial score (nSPS) is 9.58. The topological polar surface area (TPSA) is 0 Å². The molecule has 0 amide bonds. The van der Waals surface area contributed by atoms with Crippen LogP contribution >= 0.6 is 0 Å². The van der Waals surface area contributed by atoms with Crippen molar-refractivity contribution in [3.8, 4) is 11.8 Å². The van der Waals surface area contributed by atoms with Crippen LogP contribution in [0.1, 0.15) is 27.8 Å². The van der Waals surface area contributed by atoms with Crippen LogP contribution < -0.4 is 0 Å². The SMILES string of the molecule is C=CCc1cc(C)c(C)cc1C#Cc1ccccc1. The van der Waals surface area contributed by atoms with Crippen LogP contribution in [0.25, 0.3) is 0 Å². The molecule has 0 radical (unpaired) electrons. The van der Waals surface area contributed by atoms with E-state index >= 15 is 0 Å². The standard InChI is InChI=1S/C19H18/c1-4-8-18-13-15(2)16(3)14-19(18)12-11-17-9-6-5-7-10-17/h4-7,9-10,13-14H,1,8H2,2-3H3. The van der Waals surface area contributed by atoms with Crippen molar-refractivity contribution in [2.24, 2.45) is 0 Å². The van der Waals surface area contributed by atoms with E-state index < -0.39 is 0 Å². The van der Waals surface area contributed by atoms with Crippen LogP contribution in [0.2, 0.25) is 0 Å². The summed E-state index contributed by atoms with van der Waals surface area (Å²) in [5, 5.41) is 0. The van der Waals surface area contributed by atoms with Gasteiger partial charge in [0.2, 0.25) is 0 Å². The molecule has 0 saturated carbocycles. The molecule has 2 rings (SSSR count). The van der Waals surface area contributed by atoms with Gasteiger partial charge in [-0.25, -0.2) is 0 Å². The van der Waals surface area contributed by atoms with Crippen molar-refractivity contribution in [2.45, 2.75) is 20.3 Å². The Morgan fingerprint density at radius 2 is 1.68 bits per heavy atom. The number of hydrogen-bond donors (Lipinski definition) is 0. The molecule has 0 fully saturated rings. The van der Waals surface area contributed by atoms with Crippen molar-refractivity contribution >= 4 is 0 Å². The summed E-state index contributed by atoms with van der Waals surface area (Å²) in [7, 11) is 0. The highest BCUT2D eigenvalue weighted by molar-refractivity contribution is 5.50. The van der Waals surface area contributed by atoms with Gasteiger partial charge in [-0.2, -0.15) is 0 Å². The van der Waals surface area contributed by atoms with Crippen LogP contribution in [0.15, 0.2) is 55.1 Å². The first kappa shape index (κ1) is 13.2. The molecular weight excluding hydrogens is 228 g/mol. The van der Waals surface area contributed by atoms with Crippen molar-refractivity contribution in [2.75, 3.05) is 0 Å². The van der Waals surface area contributed by atoms with Crippen LogP contribution in [0.5, 0.6) is 0 Å². The fourth-order valence-corrected chi connectivity index (χ4v) is 1.98. The molecule has 0 aliphatic carbocycles. The third-order valence-electron chi connectivity index (χ3n) is 3.20. The molecule has 2 aromatic carbocycles. The Kier molecular flexibility index (Phi) is 4.21. The van der Waals surface area contributed by atoms with E-state index in [1.165, 1.54) is 16.7 Å². The molecule has 0 heterocycles.